The molecule has 5 heteroatoms. The predicted octanol–water partition coefficient (Wildman–Crippen LogP) is 4.58. The summed E-state index contributed by atoms with van der Waals surface area (Å²) in [6.07, 6.45) is 0. The minimum Gasteiger partial charge on any atom is -0.484 e. The van der Waals surface area contributed by atoms with E-state index in [4.69, 9.17) is 16.3 Å². The third-order valence-electron chi connectivity index (χ3n) is 2.89. The van der Waals surface area contributed by atoms with Crippen LogP contribution in [0.1, 0.15) is 11.1 Å². The SMILES string of the molecule is Cc1cc(OCC(=O)Nc2cccc(I)c2)cc(C)c1Cl. The maximum atomic E-state index is 11.9. The van der Waals surface area contributed by atoms with Crippen LogP contribution in [0.3, 0.4) is 0 Å². The minimum atomic E-state index is -0.192. The summed E-state index contributed by atoms with van der Waals surface area (Å²) in [5.74, 6) is 0.453. The van der Waals surface area contributed by atoms with Gasteiger partial charge in [0, 0.05) is 14.3 Å². The number of anilines is 1. The molecule has 0 saturated heterocycles. The molecule has 0 aliphatic heterocycles. The molecule has 0 fully saturated rings. The number of carbonyl (C=O) groups excluding carboxylic acids is 1. The first kappa shape index (κ1) is 16.1. The van der Waals surface area contributed by atoms with Gasteiger partial charge in [-0.2, -0.15) is 0 Å². The molecule has 0 radical (unpaired) electrons. The normalized spacial score (nSPS) is 10.3. The van der Waals surface area contributed by atoms with E-state index in [-0.39, 0.29) is 12.5 Å². The number of ether oxygens (including phenoxy) is 1. The highest BCUT2D eigenvalue weighted by Crippen LogP contribution is 2.25. The van der Waals surface area contributed by atoms with Gasteiger partial charge in [-0.25, -0.2) is 0 Å². The van der Waals surface area contributed by atoms with Crippen LogP contribution < -0.4 is 10.1 Å². The van der Waals surface area contributed by atoms with Crippen LogP contribution in [-0.4, -0.2) is 12.5 Å². The van der Waals surface area contributed by atoms with Gasteiger partial charge in [0.15, 0.2) is 6.61 Å². The lowest BCUT2D eigenvalue weighted by Gasteiger charge is -2.10. The van der Waals surface area contributed by atoms with E-state index in [2.05, 4.69) is 27.9 Å². The number of rotatable bonds is 4. The number of amides is 1. The van der Waals surface area contributed by atoms with E-state index in [1.54, 1.807) is 0 Å². The molecule has 2 rings (SSSR count). The van der Waals surface area contributed by atoms with Crippen molar-refractivity contribution >= 4 is 45.8 Å². The highest BCUT2D eigenvalue weighted by Gasteiger charge is 2.07. The zero-order chi connectivity index (χ0) is 15.4. The summed E-state index contributed by atoms with van der Waals surface area (Å²) in [5.41, 5.74) is 2.63. The second-order valence-corrected chi connectivity index (χ2v) is 6.34. The van der Waals surface area contributed by atoms with Gasteiger partial charge in [0.2, 0.25) is 0 Å². The molecule has 1 N–H and O–H groups in total. The Kier molecular flexibility index (Phi) is 5.47. The van der Waals surface area contributed by atoms with Crippen molar-refractivity contribution in [3.05, 3.63) is 56.1 Å². The zero-order valence-electron chi connectivity index (χ0n) is 11.7. The number of halogens is 2. The molecule has 0 heterocycles. The molecule has 0 aromatic heterocycles. The fourth-order valence-electron chi connectivity index (χ4n) is 1.90. The summed E-state index contributed by atoms with van der Waals surface area (Å²) in [4.78, 5) is 11.9. The Bertz CT molecular complexity index is 650. The molecule has 3 nitrogen and oxygen atoms in total. The summed E-state index contributed by atoms with van der Waals surface area (Å²) < 4.78 is 6.58. The third-order valence-corrected chi connectivity index (χ3v) is 4.16. The van der Waals surface area contributed by atoms with Crippen LogP contribution in [-0.2, 0) is 4.79 Å². The maximum absolute atomic E-state index is 11.9. The van der Waals surface area contributed by atoms with E-state index in [1.165, 1.54) is 0 Å². The Labute approximate surface area is 142 Å². The van der Waals surface area contributed by atoms with Gasteiger partial charge in [0.25, 0.3) is 5.91 Å². The first-order valence-electron chi connectivity index (χ1n) is 6.40. The molecule has 110 valence electrons. The lowest BCUT2D eigenvalue weighted by molar-refractivity contribution is -0.118. The molecule has 2 aromatic rings. The van der Waals surface area contributed by atoms with Crippen LogP contribution in [0.25, 0.3) is 0 Å². The zero-order valence-corrected chi connectivity index (χ0v) is 14.7. The largest absolute Gasteiger partial charge is 0.484 e. The number of benzene rings is 2. The minimum absolute atomic E-state index is 0.0357. The van der Waals surface area contributed by atoms with Crippen molar-refractivity contribution < 1.29 is 9.53 Å². The number of carbonyl (C=O) groups is 1. The monoisotopic (exact) mass is 415 g/mol. The van der Waals surface area contributed by atoms with E-state index in [0.717, 1.165) is 25.4 Å². The van der Waals surface area contributed by atoms with Gasteiger partial charge in [-0.15, -0.1) is 0 Å². The van der Waals surface area contributed by atoms with Crippen molar-refractivity contribution in [3.8, 4) is 5.75 Å². The Balaban J connectivity index is 1.95. The smallest absolute Gasteiger partial charge is 0.262 e. The van der Waals surface area contributed by atoms with Gasteiger partial charge in [0.1, 0.15) is 5.75 Å². The van der Waals surface area contributed by atoms with Crippen molar-refractivity contribution in [2.45, 2.75) is 13.8 Å². The fraction of sp³-hybridized carbons (Fsp3) is 0.188. The summed E-state index contributed by atoms with van der Waals surface area (Å²) in [5, 5.41) is 3.53. The molecule has 0 unspecified atom stereocenters. The van der Waals surface area contributed by atoms with Crippen LogP contribution in [0.2, 0.25) is 5.02 Å². The molecule has 0 bridgehead atoms. The van der Waals surface area contributed by atoms with Gasteiger partial charge in [0.05, 0.1) is 0 Å². The van der Waals surface area contributed by atoms with Crippen LogP contribution in [0, 0.1) is 17.4 Å². The molecule has 2 aromatic carbocycles. The third kappa shape index (κ3) is 4.61. The van der Waals surface area contributed by atoms with E-state index in [0.29, 0.717) is 5.75 Å². The van der Waals surface area contributed by atoms with Crippen LogP contribution in [0.5, 0.6) is 5.75 Å². The average Bonchev–Trinajstić information content (AvgIpc) is 2.42. The van der Waals surface area contributed by atoms with Crippen molar-refractivity contribution in [3.63, 3.8) is 0 Å². The lowest BCUT2D eigenvalue weighted by atomic mass is 10.1. The molecule has 0 saturated carbocycles. The van der Waals surface area contributed by atoms with Gasteiger partial charge < -0.3 is 10.1 Å². The fourth-order valence-corrected chi connectivity index (χ4v) is 2.55. The van der Waals surface area contributed by atoms with Crippen molar-refractivity contribution in [2.24, 2.45) is 0 Å². The molecule has 1 amide bonds. The number of hydrogen-bond acceptors (Lipinski definition) is 2. The van der Waals surface area contributed by atoms with Crippen LogP contribution in [0.4, 0.5) is 5.69 Å². The molecular weight excluding hydrogens is 401 g/mol. The van der Waals surface area contributed by atoms with E-state index in [1.807, 2.05) is 50.2 Å². The standard InChI is InChI=1S/C16H15ClINO2/c1-10-6-14(7-11(2)16(10)17)21-9-15(20)19-13-5-3-4-12(18)8-13/h3-8H,9H2,1-2H3,(H,19,20). The Morgan fingerprint density at radius 3 is 2.52 bits per heavy atom. The summed E-state index contributed by atoms with van der Waals surface area (Å²) in [6.45, 7) is 3.79. The molecule has 21 heavy (non-hydrogen) atoms. The first-order chi connectivity index (χ1) is 9.95. The molecule has 0 aliphatic carbocycles. The van der Waals surface area contributed by atoms with Crippen LogP contribution >= 0.6 is 34.2 Å². The Morgan fingerprint density at radius 1 is 1.24 bits per heavy atom. The predicted molar refractivity (Wildman–Crippen MR) is 94.2 cm³/mol. The second-order valence-electron chi connectivity index (χ2n) is 4.72. The van der Waals surface area contributed by atoms with Gasteiger partial charge in [-0.1, -0.05) is 17.7 Å². The molecule has 0 aliphatic rings. The van der Waals surface area contributed by atoms with Gasteiger partial charge >= 0.3 is 0 Å². The molecular formula is C16H15ClINO2. The summed E-state index contributed by atoms with van der Waals surface area (Å²) in [6, 6.07) is 11.3. The molecule has 0 atom stereocenters. The van der Waals surface area contributed by atoms with Crippen molar-refractivity contribution in [1.29, 1.82) is 0 Å². The topological polar surface area (TPSA) is 38.3 Å². The Morgan fingerprint density at radius 2 is 1.90 bits per heavy atom. The van der Waals surface area contributed by atoms with Crippen molar-refractivity contribution in [1.82, 2.24) is 0 Å². The van der Waals surface area contributed by atoms with E-state index >= 15 is 0 Å². The quantitative estimate of drug-likeness (QED) is 0.743. The van der Waals surface area contributed by atoms with Gasteiger partial charge in [-0.3, -0.25) is 4.79 Å². The van der Waals surface area contributed by atoms with Gasteiger partial charge in [-0.05, 0) is 77.9 Å². The highest BCUT2D eigenvalue weighted by atomic mass is 127. The Hall–Kier alpha value is -1.27. The summed E-state index contributed by atoms with van der Waals surface area (Å²) in [7, 11) is 0. The number of aryl methyl sites for hydroxylation is 2. The first-order valence-corrected chi connectivity index (χ1v) is 7.86. The average molecular weight is 416 g/mol. The summed E-state index contributed by atoms with van der Waals surface area (Å²) >= 11 is 8.30. The van der Waals surface area contributed by atoms with E-state index in [9.17, 15) is 4.79 Å². The van der Waals surface area contributed by atoms with Crippen LogP contribution in [0.15, 0.2) is 36.4 Å². The lowest BCUT2D eigenvalue weighted by Crippen LogP contribution is -2.20. The maximum Gasteiger partial charge on any atom is 0.262 e. The van der Waals surface area contributed by atoms with E-state index < -0.39 is 0 Å². The van der Waals surface area contributed by atoms with Crippen molar-refractivity contribution in [2.75, 3.05) is 11.9 Å². The highest BCUT2D eigenvalue weighted by molar-refractivity contribution is 14.1. The number of nitrogens with one attached hydrogen (secondary N) is 1. The molecule has 0 spiro atoms. The number of hydrogen-bond donors (Lipinski definition) is 1. The second kappa shape index (κ2) is 7.13.